The number of halogens is 4. The first kappa shape index (κ1) is 64.7. The summed E-state index contributed by atoms with van der Waals surface area (Å²) in [6.45, 7) is 24.8. The number of anilines is 4. The number of ether oxygens (including phenoxy) is 4. The highest BCUT2D eigenvalue weighted by Gasteiger charge is 2.39. The summed E-state index contributed by atoms with van der Waals surface area (Å²) >= 11 is 12.8. The van der Waals surface area contributed by atoms with Crippen molar-refractivity contribution in [3.63, 3.8) is 0 Å². The van der Waals surface area contributed by atoms with E-state index in [1.807, 2.05) is 9.80 Å². The molecule has 6 rings (SSSR count). The number of piperidine rings is 2. The van der Waals surface area contributed by atoms with Crippen LogP contribution in [0.25, 0.3) is 0 Å². The maximum absolute atomic E-state index is 14.3. The Hall–Kier alpha value is -7.07. The van der Waals surface area contributed by atoms with E-state index in [1.165, 1.54) is 54.8 Å². The van der Waals surface area contributed by atoms with E-state index in [-0.39, 0.29) is 82.2 Å². The molecule has 81 heavy (non-hydrogen) atoms. The monoisotopic (exact) mass is 1170 g/mol. The number of carbonyl (C=O) groups is 7. The van der Waals surface area contributed by atoms with Gasteiger partial charge in [-0.3, -0.25) is 9.59 Å². The normalized spacial score (nSPS) is 15.9. The van der Waals surface area contributed by atoms with Gasteiger partial charge in [-0.15, -0.1) is 0 Å². The molecule has 444 valence electrons. The van der Waals surface area contributed by atoms with Crippen LogP contribution in [0.3, 0.4) is 0 Å². The zero-order valence-electron chi connectivity index (χ0n) is 48.6. The van der Waals surface area contributed by atoms with Gasteiger partial charge in [-0.1, -0.05) is 23.2 Å². The van der Waals surface area contributed by atoms with Gasteiger partial charge < -0.3 is 65.3 Å². The molecule has 2 aliphatic rings. The number of Topliss-reactive ketones (excluding diaryl/α,β-unsaturated/α-hetero) is 2. The van der Waals surface area contributed by atoms with Crippen LogP contribution in [0.2, 0.25) is 10.0 Å². The summed E-state index contributed by atoms with van der Waals surface area (Å²) in [6, 6.07) is 6.10. The molecule has 0 saturated carbocycles. The first-order valence-electron chi connectivity index (χ1n) is 26.5. The minimum Gasteiger partial charge on any atom is -0.456 e. The van der Waals surface area contributed by atoms with Gasteiger partial charge in [0.25, 0.3) is 0 Å². The van der Waals surface area contributed by atoms with E-state index in [0.29, 0.717) is 67.3 Å². The third-order valence-electron chi connectivity index (χ3n) is 12.2. The Morgan fingerprint density at radius 3 is 1.33 bits per heavy atom. The van der Waals surface area contributed by atoms with Gasteiger partial charge in [0, 0.05) is 62.2 Å². The molecule has 2 aromatic carbocycles. The molecule has 20 nitrogen and oxygen atoms in total. The number of esters is 2. The first-order valence-corrected chi connectivity index (χ1v) is 27.3. The number of aromatic nitrogens is 2. The molecule has 4 aromatic rings. The van der Waals surface area contributed by atoms with E-state index in [1.54, 1.807) is 87.7 Å². The summed E-state index contributed by atoms with van der Waals surface area (Å²) in [6.07, 6.45) is 1.45. The lowest BCUT2D eigenvalue weighted by Crippen LogP contribution is -2.49. The van der Waals surface area contributed by atoms with E-state index in [4.69, 9.17) is 53.6 Å². The van der Waals surface area contributed by atoms with E-state index in [9.17, 15) is 42.3 Å². The van der Waals surface area contributed by atoms with Crippen LogP contribution in [-0.4, -0.2) is 112 Å². The molecule has 4 heterocycles. The van der Waals surface area contributed by atoms with E-state index in [0.717, 1.165) is 0 Å². The highest BCUT2D eigenvalue weighted by Crippen LogP contribution is 2.41. The Kier molecular flexibility index (Phi) is 20.6. The molecule has 2 saturated heterocycles. The van der Waals surface area contributed by atoms with Crippen LogP contribution in [-0.2, 0) is 32.0 Å². The van der Waals surface area contributed by atoms with Crippen molar-refractivity contribution >= 4 is 87.9 Å². The van der Waals surface area contributed by atoms with Crippen molar-refractivity contribution in [2.75, 3.05) is 47.0 Å². The fourth-order valence-corrected chi connectivity index (χ4v) is 9.79. The van der Waals surface area contributed by atoms with Gasteiger partial charge in [0.2, 0.25) is 0 Å². The second-order valence-corrected chi connectivity index (χ2v) is 24.8. The number of hydrogen-bond donors (Lipinski definition) is 5. The Balaban J connectivity index is 0.000000298. The molecule has 7 N–H and O–H groups in total. The molecule has 2 atom stereocenters. The number of nitrogens with zero attached hydrogens (tertiary/aromatic N) is 4. The Bertz CT molecular complexity index is 3040. The molecule has 0 aliphatic carbocycles. The van der Waals surface area contributed by atoms with Crippen LogP contribution in [0.5, 0.6) is 0 Å². The van der Waals surface area contributed by atoms with Gasteiger partial charge in [0.05, 0.1) is 24.5 Å². The minimum absolute atomic E-state index is 0.0193. The highest BCUT2D eigenvalue weighted by molar-refractivity contribution is 6.31. The molecular formula is C57H77Cl2F2N9O11. The van der Waals surface area contributed by atoms with E-state index >= 15 is 0 Å². The summed E-state index contributed by atoms with van der Waals surface area (Å²) < 4.78 is 53.8. The topological polar surface area (TPSA) is 261 Å². The van der Waals surface area contributed by atoms with E-state index < -0.39 is 70.0 Å². The smallest absolute Gasteiger partial charge is 0.407 e. The summed E-state index contributed by atoms with van der Waals surface area (Å²) in [7, 11) is 0. The Labute approximate surface area is 481 Å². The van der Waals surface area contributed by atoms with Crippen LogP contribution in [0.1, 0.15) is 175 Å². The van der Waals surface area contributed by atoms with Crippen molar-refractivity contribution in [2.45, 2.75) is 170 Å². The van der Waals surface area contributed by atoms with Crippen molar-refractivity contribution in [1.29, 1.82) is 0 Å². The predicted octanol–water partition coefficient (Wildman–Crippen LogP) is 11.0. The number of ketones is 2. The number of benzene rings is 2. The predicted molar refractivity (Wildman–Crippen MR) is 307 cm³/mol. The summed E-state index contributed by atoms with van der Waals surface area (Å²) in [5.41, 5.74) is 9.41. The molecule has 0 radical (unpaired) electrons. The second kappa shape index (κ2) is 25.8. The van der Waals surface area contributed by atoms with Crippen LogP contribution >= 0.6 is 23.2 Å². The largest absolute Gasteiger partial charge is 0.456 e. The fourth-order valence-electron chi connectivity index (χ4n) is 9.43. The van der Waals surface area contributed by atoms with Gasteiger partial charge in [0.15, 0.2) is 11.6 Å². The molecule has 2 aromatic heterocycles. The van der Waals surface area contributed by atoms with Crippen molar-refractivity contribution in [3.8, 4) is 0 Å². The number of carbonyl (C=O) groups excluding carboxylic acids is 7. The fraction of sp³-hybridized carbons (Fsp3) is 0.526. The van der Waals surface area contributed by atoms with Gasteiger partial charge in [-0.05, 0) is 156 Å². The number of nitrogens with two attached hydrogens (primary N) is 2. The number of alkyl carbamates (subject to hydrolysis) is 2. The molecule has 2 aliphatic heterocycles. The lowest BCUT2D eigenvalue weighted by Gasteiger charge is -2.36. The first-order chi connectivity index (χ1) is 37.3. The molecule has 0 spiro atoms. The zero-order valence-corrected chi connectivity index (χ0v) is 50.1. The summed E-state index contributed by atoms with van der Waals surface area (Å²) in [5.74, 6) is -2.84. The number of urea groups is 1. The van der Waals surface area contributed by atoms with E-state index in [2.05, 4.69) is 16.0 Å². The molecule has 2 fully saturated rings. The number of hydrogen-bond acceptors (Lipinski definition) is 14. The summed E-state index contributed by atoms with van der Waals surface area (Å²) in [4.78, 5) is 94.2. The van der Waals surface area contributed by atoms with Crippen LogP contribution in [0, 0.1) is 11.6 Å². The number of nitrogen functional groups attached to an aromatic ring is 1. The van der Waals surface area contributed by atoms with Gasteiger partial charge in [0.1, 0.15) is 68.2 Å². The highest BCUT2D eigenvalue weighted by atomic mass is 35.5. The third-order valence-corrected chi connectivity index (χ3v) is 12.9. The number of amides is 4. The Morgan fingerprint density at radius 1 is 0.593 bits per heavy atom. The SMILES string of the molecule is CC(=O)c1c(N)c(C(=O)OC(C)(C)C)c(N2CCC[C@@H](NC(=O)OC(C)(C)C)C2)n1Cc1cc(F)ccc1Cl.CC(=O)c1c(NC(N)=O)c(C(=O)OC(C)(C)C)c(N2CCC[C@@H](NC(=O)OC(C)(C)C)C2)n1Cc1cc(F)ccc1Cl. The maximum Gasteiger partial charge on any atom is 0.407 e. The number of rotatable bonds is 13. The average Bonchev–Trinajstić information content (AvgIpc) is 3.93. The maximum atomic E-state index is 14.3. The quantitative estimate of drug-likeness (QED) is 0.0474. The van der Waals surface area contributed by atoms with Gasteiger partial charge in [-0.25, -0.2) is 32.8 Å². The number of primary amides is 1. The Morgan fingerprint density at radius 2 is 0.963 bits per heavy atom. The third kappa shape index (κ3) is 18.0. The van der Waals surface area contributed by atoms with Crippen molar-refractivity contribution in [2.24, 2.45) is 5.73 Å². The van der Waals surface area contributed by atoms with Crippen molar-refractivity contribution in [3.05, 3.63) is 91.7 Å². The zero-order chi connectivity index (χ0) is 60.9. The summed E-state index contributed by atoms with van der Waals surface area (Å²) in [5, 5.41) is 8.74. The molecular weight excluding hydrogens is 1100 g/mol. The molecule has 4 amide bonds. The van der Waals surface area contributed by atoms with Crippen LogP contribution < -0.4 is 37.2 Å². The minimum atomic E-state index is -1.00. The standard InChI is InChI=1S/C29H39ClFN5O6.C28H38ClFN4O5/c1-16(37)23-22(34-26(32)39)21(25(38)41-28(2,3)4)24(36(23)14-17-13-18(31)10-11-20(17)30)35-12-8-9-19(15-35)33-27(40)42-29(5,6)7;1-16(35)23-22(31)21(25(36)38-27(2,3)4)24(34(23)14-17-13-18(30)10-11-20(17)29)33-12-8-9-19(15-33)32-26(37)39-28(5,6)7/h10-11,13,19H,8-9,12,14-15H2,1-7H3,(H,33,40)(H3,32,34,39);10-11,13,19H,8-9,12,14-15,31H2,1-7H3,(H,32,37)/t2*19-/m11/s1. The van der Waals surface area contributed by atoms with Gasteiger partial charge >= 0.3 is 30.2 Å². The molecule has 0 bridgehead atoms. The second-order valence-electron chi connectivity index (χ2n) is 24.0. The molecule has 0 unspecified atom stereocenters. The van der Waals surface area contributed by atoms with Crippen LogP contribution in [0.15, 0.2) is 36.4 Å². The average molecular weight is 1170 g/mol. The van der Waals surface area contributed by atoms with Crippen LogP contribution in [0.4, 0.5) is 46.2 Å². The van der Waals surface area contributed by atoms with Gasteiger partial charge in [-0.2, -0.15) is 0 Å². The lowest BCUT2D eigenvalue weighted by molar-refractivity contribution is 0.00586. The van der Waals surface area contributed by atoms with Crippen molar-refractivity contribution < 1.29 is 61.3 Å². The lowest BCUT2D eigenvalue weighted by atomic mass is 10.0. The van der Waals surface area contributed by atoms with Crippen molar-refractivity contribution in [1.82, 2.24) is 19.8 Å². The molecule has 24 heteroatoms. The number of nitrogens with one attached hydrogen (secondary N) is 3.